The molecule has 2 rings (SSSR count). The Labute approximate surface area is 158 Å². The highest BCUT2D eigenvalue weighted by atomic mass is 16.5. The first kappa shape index (κ1) is 20.1. The van der Waals surface area contributed by atoms with Crippen molar-refractivity contribution in [1.82, 2.24) is 5.32 Å². The van der Waals surface area contributed by atoms with Crippen LogP contribution in [0.4, 0.5) is 0 Å². The third kappa shape index (κ3) is 6.89. The van der Waals surface area contributed by atoms with Gasteiger partial charge in [-0.15, -0.1) is 0 Å². The van der Waals surface area contributed by atoms with Gasteiger partial charge in [0.05, 0.1) is 25.8 Å². The average Bonchev–Trinajstić information content (AvgIpc) is 2.71. The summed E-state index contributed by atoms with van der Waals surface area (Å²) < 4.78 is 20.9. The molecule has 144 valence electrons. The molecule has 1 amide bonds. The number of ether oxygens (including phenoxy) is 4. The molecule has 7 nitrogen and oxygen atoms in total. The molecule has 0 aliphatic heterocycles. The van der Waals surface area contributed by atoms with Gasteiger partial charge >= 0.3 is 5.97 Å². The Morgan fingerprint density at radius 1 is 0.852 bits per heavy atom. The van der Waals surface area contributed by atoms with Crippen molar-refractivity contribution < 1.29 is 28.5 Å². The summed E-state index contributed by atoms with van der Waals surface area (Å²) in [7, 11) is 1.32. The summed E-state index contributed by atoms with van der Waals surface area (Å²) in [5.41, 5.74) is 0.417. The summed E-state index contributed by atoms with van der Waals surface area (Å²) in [6, 6.07) is 13.6. The zero-order chi connectivity index (χ0) is 19.5. The van der Waals surface area contributed by atoms with E-state index in [4.69, 9.17) is 14.2 Å². The molecule has 0 aliphatic rings. The molecule has 0 radical (unpaired) electrons. The summed E-state index contributed by atoms with van der Waals surface area (Å²) in [6.07, 6.45) is 0. The van der Waals surface area contributed by atoms with Gasteiger partial charge in [-0.1, -0.05) is 0 Å². The molecule has 0 bridgehead atoms. The third-order valence-corrected chi connectivity index (χ3v) is 3.47. The minimum Gasteiger partial charge on any atom is -0.494 e. The number of carbonyl (C=O) groups excluding carboxylic acids is 2. The Balaban J connectivity index is 1.64. The summed E-state index contributed by atoms with van der Waals surface area (Å²) in [5.74, 6) is 1.29. The molecule has 2 aromatic carbocycles. The SMILES string of the molecule is CCOc1ccc(OCCNC(=O)COc2ccc(C(=O)OC)cc2)cc1. The second-order valence-electron chi connectivity index (χ2n) is 5.41. The first-order valence-corrected chi connectivity index (χ1v) is 8.56. The quantitative estimate of drug-likeness (QED) is 0.509. The highest BCUT2D eigenvalue weighted by Gasteiger charge is 2.06. The van der Waals surface area contributed by atoms with E-state index in [9.17, 15) is 9.59 Å². The van der Waals surface area contributed by atoms with Gasteiger partial charge in [0.2, 0.25) is 0 Å². The Hall–Kier alpha value is -3.22. The lowest BCUT2D eigenvalue weighted by molar-refractivity contribution is -0.123. The van der Waals surface area contributed by atoms with Crippen molar-refractivity contribution in [1.29, 1.82) is 0 Å². The van der Waals surface area contributed by atoms with Crippen LogP contribution in [0.25, 0.3) is 0 Å². The van der Waals surface area contributed by atoms with E-state index in [-0.39, 0.29) is 12.5 Å². The number of methoxy groups -OCH3 is 1. The highest BCUT2D eigenvalue weighted by molar-refractivity contribution is 5.89. The maximum Gasteiger partial charge on any atom is 0.337 e. The molecule has 0 saturated carbocycles. The van der Waals surface area contributed by atoms with Crippen LogP contribution >= 0.6 is 0 Å². The molecule has 2 aromatic rings. The Morgan fingerprint density at radius 3 is 2.00 bits per heavy atom. The van der Waals surface area contributed by atoms with E-state index in [0.717, 1.165) is 5.75 Å². The van der Waals surface area contributed by atoms with E-state index in [0.29, 0.717) is 36.8 Å². The lowest BCUT2D eigenvalue weighted by Crippen LogP contribution is -2.32. The van der Waals surface area contributed by atoms with Crippen LogP contribution in [0.1, 0.15) is 17.3 Å². The zero-order valence-electron chi connectivity index (χ0n) is 15.4. The van der Waals surface area contributed by atoms with Crippen molar-refractivity contribution in [3.63, 3.8) is 0 Å². The van der Waals surface area contributed by atoms with E-state index >= 15 is 0 Å². The van der Waals surface area contributed by atoms with Crippen molar-refractivity contribution in [3.05, 3.63) is 54.1 Å². The number of amides is 1. The van der Waals surface area contributed by atoms with Gasteiger partial charge < -0.3 is 24.3 Å². The van der Waals surface area contributed by atoms with Crippen LogP contribution in [-0.2, 0) is 9.53 Å². The molecule has 0 fully saturated rings. The van der Waals surface area contributed by atoms with Gasteiger partial charge in [-0.05, 0) is 55.5 Å². The van der Waals surface area contributed by atoms with Crippen molar-refractivity contribution in [2.24, 2.45) is 0 Å². The fourth-order valence-corrected chi connectivity index (χ4v) is 2.16. The molecule has 0 atom stereocenters. The first-order valence-electron chi connectivity index (χ1n) is 8.56. The molecule has 0 spiro atoms. The maximum absolute atomic E-state index is 11.8. The van der Waals surface area contributed by atoms with Crippen LogP contribution < -0.4 is 19.5 Å². The number of rotatable bonds is 10. The number of nitrogens with one attached hydrogen (secondary N) is 1. The largest absolute Gasteiger partial charge is 0.494 e. The summed E-state index contributed by atoms with van der Waals surface area (Å²) in [4.78, 5) is 23.1. The molecule has 7 heteroatoms. The van der Waals surface area contributed by atoms with Gasteiger partial charge in [0.25, 0.3) is 5.91 Å². The monoisotopic (exact) mass is 373 g/mol. The first-order chi connectivity index (χ1) is 13.1. The number of benzene rings is 2. The van der Waals surface area contributed by atoms with Crippen LogP contribution in [0, 0.1) is 0 Å². The molecule has 0 aliphatic carbocycles. The topological polar surface area (TPSA) is 83.1 Å². The van der Waals surface area contributed by atoms with Crippen molar-refractivity contribution in [2.75, 3.05) is 33.5 Å². The summed E-state index contributed by atoms with van der Waals surface area (Å²) in [5, 5.41) is 2.71. The Morgan fingerprint density at radius 2 is 1.41 bits per heavy atom. The predicted molar refractivity (Wildman–Crippen MR) is 99.4 cm³/mol. The van der Waals surface area contributed by atoms with Crippen molar-refractivity contribution in [2.45, 2.75) is 6.92 Å². The van der Waals surface area contributed by atoms with Gasteiger partial charge in [-0.2, -0.15) is 0 Å². The molecule has 0 saturated heterocycles. The van der Waals surface area contributed by atoms with E-state index in [1.165, 1.54) is 7.11 Å². The second-order valence-corrected chi connectivity index (χ2v) is 5.41. The highest BCUT2D eigenvalue weighted by Crippen LogP contribution is 2.17. The van der Waals surface area contributed by atoms with E-state index in [1.807, 2.05) is 31.2 Å². The van der Waals surface area contributed by atoms with Crippen molar-refractivity contribution in [3.8, 4) is 17.2 Å². The van der Waals surface area contributed by atoms with E-state index in [2.05, 4.69) is 10.1 Å². The van der Waals surface area contributed by atoms with Crippen LogP contribution in [0.2, 0.25) is 0 Å². The molecule has 27 heavy (non-hydrogen) atoms. The fourth-order valence-electron chi connectivity index (χ4n) is 2.16. The Kier molecular flexibility index (Phi) is 7.96. The normalized spacial score (nSPS) is 10.0. The van der Waals surface area contributed by atoms with E-state index in [1.54, 1.807) is 24.3 Å². The average molecular weight is 373 g/mol. The number of esters is 1. The van der Waals surface area contributed by atoms with Crippen molar-refractivity contribution >= 4 is 11.9 Å². The smallest absolute Gasteiger partial charge is 0.337 e. The molecule has 0 heterocycles. The van der Waals surface area contributed by atoms with Gasteiger partial charge in [-0.3, -0.25) is 4.79 Å². The van der Waals surface area contributed by atoms with Gasteiger partial charge in [0, 0.05) is 0 Å². The fraction of sp³-hybridized carbons (Fsp3) is 0.300. The van der Waals surface area contributed by atoms with E-state index < -0.39 is 5.97 Å². The predicted octanol–water partition coefficient (Wildman–Crippen LogP) is 2.45. The lowest BCUT2D eigenvalue weighted by Gasteiger charge is -2.10. The van der Waals surface area contributed by atoms with Crippen LogP contribution in [-0.4, -0.2) is 45.4 Å². The zero-order valence-corrected chi connectivity index (χ0v) is 15.4. The minimum atomic E-state index is -0.424. The molecule has 1 N–H and O–H groups in total. The third-order valence-electron chi connectivity index (χ3n) is 3.47. The van der Waals surface area contributed by atoms with Crippen LogP contribution in [0.15, 0.2) is 48.5 Å². The molecular formula is C20H23NO6. The molecular weight excluding hydrogens is 350 g/mol. The van der Waals surface area contributed by atoms with Gasteiger partial charge in [0.15, 0.2) is 6.61 Å². The van der Waals surface area contributed by atoms with Gasteiger partial charge in [-0.25, -0.2) is 4.79 Å². The summed E-state index contributed by atoms with van der Waals surface area (Å²) >= 11 is 0. The minimum absolute atomic E-state index is 0.124. The maximum atomic E-state index is 11.8. The summed E-state index contributed by atoms with van der Waals surface area (Å²) in [6.45, 7) is 3.11. The molecule has 0 aromatic heterocycles. The standard InChI is InChI=1S/C20H23NO6/c1-3-25-16-8-10-17(11-9-16)26-13-12-21-19(22)14-27-18-6-4-15(5-7-18)20(23)24-2/h4-11H,3,12-14H2,1-2H3,(H,21,22). The Bertz CT molecular complexity index is 727. The lowest BCUT2D eigenvalue weighted by atomic mass is 10.2. The van der Waals surface area contributed by atoms with Crippen LogP contribution in [0.5, 0.6) is 17.2 Å². The molecule has 0 unspecified atom stereocenters. The number of hydrogen-bond acceptors (Lipinski definition) is 6. The van der Waals surface area contributed by atoms with Gasteiger partial charge in [0.1, 0.15) is 23.9 Å². The number of hydrogen-bond donors (Lipinski definition) is 1. The second kappa shape index (κ2) is 10.7. The van der Waals surface area contributed by atoms with Crippen LogP contribution in [0.3, 0.4) is 0 Å². The number of carbonyl (C=O) groups is 2.